The standard InChI is InChI=1S/C36H60O8/c1-20(2)16-29(39)44-28-13-15-34(6)25-12-14-33(5)22(21-17-23(43-31(21)42-9)30(40)35(7,41)19-37)10-11-24(33)36(25,8)27(38)18-26(34)32(28,3)4/h11,20-23,25-28,30-31,37-38,40-41H,10,12-19H2,1-9H3/t21-,22-,23-,25+,26-,27+,28+,30?,31+,33-,34+,35?,36-/m0/s1. The molecule has 44 heavy (non-hydrogen) atoms. The van der Waals surface area contributed by atoms with Crippen molar-refractivity contribution >= 4 is 5.97 Å². The van der Waals surface area contributed by atoms with E-state index in [-0.39, 0.29) is 57.4 Å². The van der Waals surface area contributed by atoms with Crippen LogP contribution in [0.5, 0.6) is 0 Å². The van der Waals surface area contributed by atoms with Gasteiger partial charge in [0.2, 0.25) is 0 Å². The maximum absolute atomic E-state index is 12.7. The van der Waals surface area contributed by atoms with E-state index in [1.54, 1.807) is 7.11 Å². The highest BCUT2D eigenvalue weighted by atomic mass is 16.7. The Morgan fingerprint density at radius 3 is 2.41 bits per heavy atom. The van der Waals surface area contributed by atoms with Crippen LogP contribution in [0, 0.1) is 51.2 Å². The van der Waals surface area contributed by atoms with Gasteiger partial charge in [0.05, 0.1) is 18.8 Å². The summed E-state index contributed by atoms with van der Waals surface area (Å²) in [7, 11) is 1.63. The Bertz CT molecular complexity index is 1120. The third kappa shape index (κ3) is 5.13. The molecule has 1 saturated heterocycles. The summed E-state index contributed by atoms with van der Waals surface area (Å²) in [5.41, 5.74) is -1.06. The monoisotopic (exact) mass is 620 g/mol. The molecule has 5 aliphatic rings. The largest absolute Gasteiger partial charge is 0.462 e. The fourth-order valence-corrected chi connectivity index (χ4v) is 11.4. The molecule has 8 nitrogen and oxygen atoms in total. The van der Waals surface area contributed by atoms with Crippen molar-refractivity contribution < 1.29 is 39.4 Å². The molecule has 0 radical (unpaired) electrons. The number of carbonyl (C=O) groups is 1. The molecule has 0 amide bonds. The molecule has 4 fully saturated rings. The minimum absolute atomic E-state index is 0.00649. The van der Waals surface area contributed by atoms with Gasteiger partial charge in [-0.2, -0.15) is 0 Å². The quantitative estimate of drug-likeness (QED) is 0.221. The van der Waals surface area contributed by atoms with Crippen molar-refractivity contribution in [2.45, 2.75) is 143 Å². The number of aliphatic hydroxyl groups is 4. The lowest BCUT2D eigenvalue weighted by molar-refractivity contribution is -0.222. The van der Waals surface area contributed by atoms with E-state index in [1.807, 2.05) is 13.8 Å². The lowest BCUT2D eigenvalue weighted by Crippen LogP contribution is -2.65. The van der Waals surface area contributed by atoms with Crippen molar-refractivity contribution in [3.05, 3.63) is 11.6 Å². The van der Waals surface area contributed by atoms with E-state index in [1.165, 1.54) is 12.5 Å². The van der Waals surface area contributed by atoms with E-state index in [9.17, 15) is 25.2 Å². The lowest BCUT2D eigenvalue weighted by atomic mass is 9.37. The Morgan fingerprint density at radius 1 is 1.11 bits per heavy atom. The Labute approximate surface area is 264 Å². The van der Waals surface area contributed by atoms with Crippen molar-refractivity contribution in [2.75, 3.05) is 13.7 Å². The number of esters is 1. The van der Waals surface area contributed by atoms with E-state index < -0.39 is 36.8 Å². The van der Waals surface area contributed by atoms with Crippen LogP contribution in [0.4, 0.5) is 0 Å². The first-order chi connectivity index (χ1) is 20.4. The Hall–Kier alpha value is -1.03. The second-order valence-corrected chi connectivity index (χ2v) is 17.1. The van der Waals surface area contributed by atoms with Gasteiger partial charge in [-0.15, -0.1) is 0 Å². The molecule has 0 aromatic rings. The molecular formula is C36H60O8. The van der Waals surface area contributed by atoms with Crippen LogP contribution in [-0.2, 0) is 19.0 Å². The molecule has 0 spiro atoms. The summed E-state index contributed by atoms with van der Waals surface area (Å²) in [5, 5.41) is 43.3. The molecule has 252 valence electrons. The van der Waals surface area contributed by atoms with Gasteiger partial charge in [-0.1, -0.05) is 60.1 Å². The maximum atomic E-state index is 12.7. The molecule has 4 N–H and O–H groups in total. The highest BCUT2D eigenvalue weighted by Crippen LogP contribution is 2.73. The van der Waals surface area contributed by atoms with Gasteiger partial charge in [-0.3, -0.25) is 4.79 Å². The van der Waals surface area contributed by atoms with Gasteiger partial charge in [-0.05, 0) is 86.4 Å². The predicted molar refractivity (Wildman–Crippen MR) is 167 cm³/mol. The second kappa shape index (κ2) is 11.6. The summed E-state index contributed by atoms with van der Waals surface area (Å²) >= 11 is 0. The SMILES string of the molecule is CO[C@@H]1O[C@H](C(O)C(C)(O)CO)C[C@H]1[C@@H]1CC=C2[C@]3(C)[C@H](O)C[C@H]4C(C)(C)[C@H](OC(=O)CC(C)C)CC[C@]4(C)[C@H]3CC[C@]21C. The van der Waals surface area contributed by atoms with E-state index >= 15 is 0 Å². The number of carbonyl (C=O) groups excluding carboxylic acids is 1. The van der Waals surface area contributed by atoms with Gasteiger partial charge in [-0.25, -0.2) is 0 Å². The van der Waals surface area contributed by atoms with Crippen molar-refractivity contribution in [1.29, 1.82) is 0 Å². The minimum atomic E-state index is -1.66. The van der Waals surface area contributed by atoms with Crippen molar-refractivity contribution in [2.24, 2.45) is 51.2 Å². The fourth-order valence-electron chi connectivity index (χ4n) is 11.4. The summed E-state index contributed by atoms with van der Waals surface area (Å²) < 4.78 is 18.1. The molecule has 0 aromatic heterocycles. The Kier molecular flexibility index (Phi) is 9.04. The molecule has 1 heterocycles. The first-order valence-electron chi connectivity index (χ1n) is 17.2. The van der Waals surface area contributed by atoms with Crippen molar-refractivity contribution in [1.82, 2.24) is 0 Å². The summed E-state index contributed by atoms with van der Waals surface area (Å²) in [6.45, 7) is 16.6. The van der Waals surface area contributed by atoms with E-state index in [0.717, 1.165) is 32.1 Å². The molecule has 0 bridgehead atoms. The van der Waals surface area contributed by atoms with Crippen LogP contribution in [0.1, 0.15) is 107 Å². The van der Waals surface area contributed by atoms with Crippen molar-refractivity contribution in [3.8, 4) is 0 Å². The smallest absolute Gasteiger partial charge is 0.306 e. The predicted octanol–water partition coefficient (Wildman–Crippen LogP) is 5.00. The Morgan fingerprint density at radius 2 is 1.80 bits per heavy atom. The fraction of sp³-hybridized carbons (Fsp3) is 0.917. The molecule has 0 aromatic carbocycles. The van der Waals surface area contributed by atoms with E-state index in [4.69, 9.17) is 14.2 Å². The average molecular weight is 621 g/mol. The number of fused-ring (bicyclic) bond motifs is 5. The zero-order valence-electron chi connectivity index (χ0n) is 28.6. The van der Waals surface area contributed by atoms with Crippen LogP contribution in [0.3, 0.4) is 0 Å². The van der Waals surface area contributed by atoms with Crippen LogP contribution >= 0.6 is 0 Å². The van der Waals surface area contributed by atoms with Crippen LogP contribution in [0.25, 0.3) is 0 Å². The van der Waals surface area contributed by atoms with E-state index in [0.29, 0.717) is 25.2 Å². The number of allylic oxidation sites excluding steroid dienone is 1. The van der Waals surface area contributed by atoms with Gasteiger partial charge >= 0.3 is 5.97 Å². The van der Waals surface area contributed by atoms with Crippen LogP contribution in [0.2, 0.25) is 0 Å². The first-order valence-corrected chi connectivity index (χ1v) is 17.2. The van der Waals surface area contributed by atoms with Crippen LogP contribution in [0.15, 0.2) is 11.6 Å². The third-order valence-corrected chi connectivity index (χ3v) is 13.8. The highest BCUT2D eigenvalue weighted by molar-refractivity contribution is 5.69. The number of hydrogen-bond donors (Lipinski definition) is 4. The molecular weight excluding hydrogens is 560 g/mol. The average Bonchev–Trinajstić information content (AvgIpc) is 3.52. The summed E-state index contributed by atoms with van der Waals surface area (Å²) in [5.74, 6) is 0.907. The number of ether oxygens (including phenoxy) is 3. The third-order valence-electron chi connectivity index (χ3n) is 13.8. The van der Waals surface area contributed by atoms with Crippen molar-refractivity contribution in [3.63, 3.8) is 0 Å². The summed E-state index contributed by atoms with van der Waals surface area (Å²) in [6.07, 6.45) is 5.70. The minimum Gasteiger partial charge on any atom is -0.462 e. The normalized spacial score (nSPS) is 46.8. The van der Waals surface area contributed by atoms with E-state index in [2.05, 4.69) is 40.7 Å². The molecule has 1 aliphatic heterocycles. The Balaban J connectivity index is 1.39. The highest BCUT2D eigenvalue weighted by Gasteiger charge is 2.69. The number of aliphatic hydroxyl groups excluding tert-OH is 3. The molecule has 4 aliphatic carbocycles. The number of hydrogen-bond acceptors (Lipinski definition) is 8. The molecule has 5 rings (SSSR count). The summed E-state index contributed by atoms with van der Waals surface area (Å²) in [4.78, 5) is 12.7. The molecule has 8 heteroatoms. The zero-order valence-corrected chi connectivity index (χ0v) is 28.6. The first kappa shape index (κ1) is 34.3. The second-order valence-electron chi connectivity index (χ2n) is 17.1. The number of rotatable bonds is 8. The topological polar surface area (TPSA) is 126 Å². The molecule has 3 saturated carbocycles. The number of methoxy groups -OCH3 is 1. The van der Waals surface area contributed by atoms with Crippen LogP contribution < -0.4 is 0 Å². The summed E-state index contributed by atoms with van der Waals surface area (Å²) in [6, 6.07) is 0. The van der Waals surface area contributed by atoms with Gasteiger partial charge in [0, 0.05) is 30.3 Å². The van der Waals surface area contributed by atoms with Gasteiger partial charge < -0.3 is 34.6 Å². The zero-order chi connectivity index (χ0) is 32.6. The lowest BCUT2D eigenvalue weighted by Gasteiger charge is -2.68. The van der Waals surface area contributed by atoms with Gasteiger partial charge in [0.25, 0.3) is 0 Å². The van der Waals surface area contributed by atoms with Gasteiger partial charge in [0.1, 0.15) is 17.8 Å². The van der Waals surface area contributed by atoms with Gasteiger partial charge in [0.15, 0.2) is 6.29 Å². The van der Waals surface area contributed by atoms with Crippen LogP contribution in [-0.4, -0.2) is 76.4 Å². The maximum Gasteiger partial charge on any atom is 0.306 e. The molecule has 2 unspecified atom stereocenters. The molecule has 13 atom stereocenters.